The molecule has 0 aromatic heterocycles. The first-order valence-corrected chi connectivity index (χ1v) is 1.32. The Hall–Kier alpha value is 1.34. The van der Waals surface area contributed by atoms with E-state index in [1.807, 2.05) is 13.0 Å². The summed E-state index contributed by atoms with van der Waals surface area (Å²) >= 11 is 0. The van der Waals surface area contributed by atoms with Crippen molar-refractivity contribution in [1.82, 2.24) is 0 Å². The average Bonchev–Trinajstić information content (AvgIpc) is 1.37. The maximum Gasteiger partial charge on any atom is 2.00 e. The van der Waals surface area contributed by atoms with Crippen LogP contribution in [0.4, 0.5) is 0 Å². The third-order valence-electron chi connectivity index (χ3n) is 0.236. The van der Waals surface area contributed by atoms with Crippen LogP contribution in [-0.2, 0) is 0 Å². The number of rotatable bonds is 0. The van der Waals surface area contributed by atoms with Gasteiger partial charge in [-0.05, 0) is 0 Å². The molecule has 0 radical (unpaired) electrons. The van der Waals surface area contributed by atoms with E-state index >= 15 is 0 Å². The first-order chi connectivity index (χ1) is 1.91. The molecule has 0 aromatic carbocycles. The fourth-order valence-corrected chi connectivity index (χ4v) is 0. The van der Waals surface area contributed by atoms with Crippen LogP contribution < -0.4 is 17.0 Å². The molecule has 0 spiro atoms. The van der Waals surface area contributed by atoms with Gasteiger partial charge in [0.05, 0.1) is 0 Å². The van der Waals surface area contributed by atoms with Gasteiger partial charge < -0.3 is 17.0 Å². The Balaban J connectivity index is -0.0000000150. The largest absolute Gasteiger partial charge is 2.00 e. The van der Waals surface area contributed by atoms with Crippen molar-refractivity contribution < 1.29 is 17.0 Å². The molecule has 0 aromatic rings. The van der Waals surface area contributed by atoms with E-state index in [1.165, 1.54) is 0 Å². The van der Waals surface area contributed by atoms with Gasteiger partial charge >= 0.3 is 23.1 Å². The van der Waals surface area contributed by atoms with E-state index in [-0.39, 0.29) is 57.0 Å². The Morgan fingerprint density at radius 2 is 1.57 bits per heavy atom. The van der Waals surface area contributed by atoms with Gasteiger partial charge in [-0.1, -0.05) is 0 Å². The molecular weight excluding hydrogens is 232 g/mol. The minimum absolute atomic E-state index is 0. The fourth-order valence-electron chi connectivity index (χ4n) is 0. The van der Waals surface area contributed by atoms with E-state index < -0.39 is 0 Å². The van der Waals surface area contributed by atoms with E-state index in [4.69, 9.17) is 0 Å². The normalized spacial score (nSPS) is 5.29. The van der Waals surface area contributed by atoms with Crippen molar-refractivity contribution in [2.45, 2.75) is 6.92 Å². The summed E-state index contributed by atoms with van der Waals surface area (Å²) < 4.78 is 0. The molecule has 0 rings (SSSR count). The molecule has 0 N–H and O–H groups in total. The second-order valence-corrected chi connectivity index (χ2v) is 0.569. The van der Waals surface area contributed by atoms with Crippen molar-refractivity contribution in [2.24, 2.45) is 0 Å². The summed E-state index contributed by atoms with van der Waals surface area (Å²) in [6.07, 6.45) is 3.64. The van der Waals surface area contributed by atoms with Gasteiger partial charge in [-0.25, -0.2) is 19.1 Å². The molecule has 0 fully saturated rings. The molecule has 0 aliphatic rings. The van der Waals surface area contributed by atoms with Crippen LogP contribution in [0.1, 0.15) is 6.92 Å². The van der Waals surface area contributed by atoms with Crippen molar-refractivity contribution in [3.8, 4) is 0 Å². The molecule has 0 saturated heterocycles. The SMILES string of the molecule is Br.[Br-].[CH2-]C=CC.[Mg+2]. The summed E-state index contributed by atoms with van der Waals surface area (Å²) in [7, 11) is 0. The molecule has 7 heavy (non-hydrogen) atoms. The molecule has 40 valence electrons. The topological polar surface area (TPSA) is 0 Å². The zero-order valence-electron chi connectivity index (χ0n) is 4.36. The molecular formula is C4H8Br2Mg. The van der Waals surface area contributed by atoms with Crippen molar-refractivity contribution in [3.05, 3.63) is 19.1 Å². The van der Waals surface area contributed by atoms with Gasteiger partial charge in [0.1, 0.15) is 0 Å². The van der Waals surface area contributed by atoms with Gasteiger partial charge in [-0.3, -0.25) is 0 Å². The zero-order chi connectivity index (χ0) is 3.41. The number of allylic oxidation sites excluding steroid dienone is 2. The fraction of sp³-hybridized carbons (Fsp3) is 0.250. The van der Waals surface area contributed by atoms with Crippen LogP contribution in [0, 0.1) is 6.92 Å². The van der Waals surface area contributed by atoms with E-state index in [0.717, 1.165) is 0 Å². The Bertz CT molecular complexity index is 24.9. The Morgan fingerprint density at radius 1 is 1.43 bits per heavy atom. The van der Waals surface area contributed by atoms with Crippen LogP contribution in [0.5, 0.6) is 0 Å². The van der Waals surface area contributed by atoms with Gasteiger partial charge in [0.15, 0.2) is 0 Å². The van der Waals surface area contributed by atoms with Gasteiger partial charge in [0.2, 0.25) is 0 Å². The molecule has 0 aliphatic carbocycles. The zero-order valence-corrected chi connectivity index (χ0v) is 9.07. The minimum Gasteiger partial charge on any atom is -1.00 e. The van der Waals surface area contributed by atoms with Crippen molar-refractivity contribution >= 4 is 40.0 Å². The molecule has 0 nitrogen and oxygen atoms in total. The van der Waals surface area contributed by atoms with Crippen LogP contribution in [0.3, 0.4) is 0 Å². The van der Waals surface area contributed by atoms with Crippen molar-refractivity contribution in [3.63, 3.8) is 0 Å². The maximum absolute atomic E-state index is 3.42. The Morgan fingerprint density at radius 3 is 1.57 bits per heavy atom. The molecule has 0 atom stereocenters. The maximum atomic E-state index is 3.42. The van der Waals surface area contributed by atoms with E-state index in [1.54, 1.807) is 6.08 Å². The summed E-state index contributed by atoms with van der Waals surface area (Å²) in [5, 5.41) is 0. The van der Waals surface area contributed by atoms with Crippen molar-refractivity contribution in [2.75, 3.05) is 0 Å². The van der Waals surface area contributed by atoms with Gasteiger partial charge in [-0.15, -0.1) is 23.9 Å². The monoisotopic (exact) mass is 238 g/mol. The molecule has 0 aliphatic heterocycles. The standard InChI is InChI=1S/C4H7.2BrH.Mg/c1-3-4-2;;;/h3-4H,1H2,2H3;2*1H;/q-1;;;+2/p-1. The summed E-state index contributed by atoms with van der Waals surface area (Å²) in [4.78, 5) is 0. The summed E-state index contributed by atoms with van der Waals surface area (Å²) in [5.41, 5.74) is 0. The molecule has 0 amide bonds. The first-order valence-electron chi connectivity index (χ1n) is 1.32. The van der Waals surface area contributed by atoms with E-state index in [2.05, 4.69) is 6.92 Å². The quantitative estimate of drug-likeness (QED) is 0.361. The van der Waals surface area contributed by atoms with E-state index in [0.29, 0.717) is 0 Å². The first kappa shape index (κ1) is 23.9. The van der Waals surface area contributed by atoms with Gasteiger partial charge in [-0.2, -0.15) is 0 Å². The predicted molar refractivity (Wildman–Crippen MR) is 36.2 cm³/mol. The van der Waals surface area contributed by atoms with Gasteiger partial charge in [0, 0.05) is 0 Å². The van der Waals surface area contributed by atoms with Crippen LogP contribution in [0.25, 0.3) is 0 Å². The van der Waals surface area contributed by atoms with Crippen LogP contribution in [0.15, 0.2) is 12.2 Å². The number of hydrogen-bond acceptors (Lipinski definition) is 0. The van der Waals surface area contributed by atoms with E-state index in [9.17, 15) is 0 Å². The predicted octanol–water partition coefficient (Wildman–Crippen LogP) is -1.40. The van der Waals surface area contributed by atoms with Crippen LogP contribution >= 0.6 is 17.0 Å². The molecule has 0 bridgehead atoms. The minimum atomic E-state index is 0. The van der Waals surface area contributed by atoms with Crippen LogP contribution in [0.2, 0.25) is 0 Å². The van der Waals surface area contributed by atoms with Gasteiger partial charge in [0.25, 0.3) is 0 Å². The second-order valence-electron chi connectivity index (χ2n) is 0.569. The summed E-state index contributed by atoms with van der Waals surface area (Å²) in [5.74, 6) is 0. The Kier molecular flexibility index (Phi) is 90.2. The number of halogens is 2. The second kappa shape index (κ2) is 26.5. The number of hydrogen-bond donors (Lipinski definition) is 0. The van der Waals surface area contributed by atoms with Crippen molar-refractivity contribution in [1.29, 1.82) is 0 Å². The van der Waals surface area contributed by atoms with Crippen LogP contribution in [-0.4, -0.2) is 23.1 Å². The Labute approximate surface area is 82.4 Å². The third-order valence-corrected chi connectivity index (χ3v) is 0.236. The molecule has 3 heteroatoms. The smallest absolute Gasteiger partial charge is 1.00 e. The average molecular weight is 240 g/mol. The molecule has 0 unspecified atom stereocenters. The summed E-state index contributed by atoms with van der Waals surface area (Å²) in [6.45, 7) is 5.36. The summed E-state index contributed by atoms with van der Waals surface area (Å²) in [6, 6.07) is 0. The molecule has 0 saturated carbocycles. The molecule has 0 heterocycles. The third kappa shape index (κ3) is 38.3.